The number of para-hydroxylation sites is 1. The van der Waals surface area contributed by atoms with Gasteiger partial charge in [-0.05, 0) is 25.0 Å². The zero-order chi connectivity index (χ0) is 14.5. The highest BCUT2D eigenvalue weighted by atomic mass is 16.5. The van der Waals surface area contributed by atoms with E-state index in [0.717, 1.165) is 0 Å². The van der Waals surface area contributed by atoms with Crippen molar-refractivity contribution in [1.82, 2.24) is 5.32 Å². The number of amides is 1. The first-order chi connectivity index (χ1) is 9.61. The van der Waals surface area contributed by atoms with Crippen LogP contribution in [0.15, 0.2) is 24.3 Å². The monoisotopic (exact) mass is 279 g/mol. The van der Waals surface area contributed by atoms with Crippen LogP contribution in [-0.2, 0) is 9.53 Å². The summed E-state index contributed by atoms with van der Waals surface area (Å²) in [6.07, 6.45) is 0.0890. The minimum atomic E-state index is -0.955. The molecular weight excluding hydrogens is 262 g/mol. The van der Waals surface area contributed by atoms with Gasteiger partial charge >= 0.3 is 5.97 Å². The summed E-state index contributed by atoms with van der Waals surface area (Å²) in [6.45, 7) is 0.292. The van der Waals surface area contributed by atoms with Gasteiger partial charge in [0, 0.05) is 6.54 Å². The average Bonchev–Trinajstić information content (AvgIpc) is 2.94. The van der Waals surface area contributed by atoms with Crippen molar-refractivity contribution < 1.29 is 24.2 Å². The number of hydrogen-bond donors (Lipinski definition) is 2. The van der Waals surface area contributed by atoms with Crippen molar-refractivity contribution in [2.75, 3.05) is 13.7 Å². The van der Waals surface area contributed by atoms with E-state index in [1.165, 1.54) is 7.11 Å². The maximum absolute atomic E-state index is 12.0. The molecule has 0 aromatic heterocycles. The Morgan fingerprint density at radius 2 is 2.15 bits per heavy atom. The van der Waals surface area contributed by atoms with Crippen LogP contribution in [0.2, 0.25) is 0 Å². The van der Waals surface area contributed by atoms with E-state index in [1.807, 2.05) is 0 Å². The second-order valence-electron chi connectivity index (χ2n) is 4.57. The molecule has 20 heavy (non-hydrogen) atoms. The fourth-order valence-corrected chi connectivity index (χ4v) is 2.17. The average molecular weight is 279 g/mol. The first-order valence-electron chi connectivity index (χ1n) is 6.41. The Balaban J connectivity index is 1.88. The van der Waals surface area contributed by atoms with E-state index in [4.69, 9.17) is 14.6 Å². The molecule has 1 aromatic carbocycles. The minimum absolute atomic E-state index is 0.255. The van der Waals surface area contributed by atoms with Crippen LogP contribution in [0.5, 0.6) is 5.75 Å². The summed E-state index contributed by atoms with van der Waals surface area (Å²) in [4.78, 5) is 22.8. The molecule has 0 radical (unpaired) electrons. The molecule has 1 amide bonds. The predicted octanol–water partition coefficient (Wildman–Crippen LogP) is 1.06. The highest BCUT2D eigenvalue weighted by Crippen LogP contribution is 2.20. The highest BCUT2D eigenvalue weighted by molar-refractivity contribution is 5.96. The molecule has 1 saturated heterocycles. The zero-order valence-electron chi connectivity index (χ0n) is 11.2. The smallest absolute Gasteiger partial charge is 0.332 e. The molecule has 0 saturated carbocycles. The molecule has 108 valence electrons. The zero-order valence-corrected chi connectivity index (χ0v) is 11.2. The van der Waals surface area contributed by atoms with Gasteiger partial charge in [0.05, 0.1) is 18.8 Å². The molecule has 1 aliphatic heterocycles. The third-order valence-electron chi connectivity index (χ3n) is 3.22. The summed E-state index contributed by atoms with van der Waals surface area (Å²) in [7, 11) is 1.50. The Hall–Kier alpha value is -2.08. The minimum Gasteiger partial charge on any atom is -0.496 e. The van der Waals surface area contributed by atoms with E-state index >= 15 is 0 Å². The van der Waals surface area contributed by atoms with Crippen LogP contribution in [0.1, 0.15) is 23.2 Å². The standard InChI is InChI=1S/C14H17NO5/c1-19-11-5-3-2-4-10(11)13(16)15-8-9-6-7-12(20-9)14(17)18/h2-5,9,12H,6-8H2,1H3,(H,15,16)(H,17,18). The fraction of sp³-hybridized carbons (Fsp3) is 0.429. The lowest BCUT2D eigenvalue weighted by Crippen LogP contribution is -2.33. The molecule has 6 nitrogen and oxygen atoms in total. The molecule has 0 bridgehead atoms. The number of hydrogen-bond acceptors (Lipinski definition) is 4. The first-order valence-corrected chi connectivity index (χ1v) is 6.41. The van der Waals surface area contributed by atoms with Gasteiger partial charge in [-0.25, -0.2) is 4.79 Å². The number of carbonyl (C=O) groups is 2. The number of carboxylic acid groups (broad SMARTS) is 1. The molecule has 1 fully saturated rings. The maximum atomic E-state index is 12.0. The lowest BCUT2D eigenvalue weighted by atomic mass is 10.1. The number of carbonyl (C=O) groups excluding carboxylic acids is 1. The molecule has 2 atom stereocenters. The normalized spacial score (nSPS) is 21.4. The molecule has 1 aromatic rings. The van der Waals surface area contributed by atoms with Gasteiger partial charge in [-0.3, -0.25) is 4.79 Å². The third-order valence-corrected chi connectivity index (χ3v) is 3.22. The summed E-state index contributed by atoms with van der Waals surface area (Å²) in [5.41, 5.74) is 0.447. The van der Waals surface area contributed by atoms with E-state index in [0.29, 0.717) is 30.7 Å². The first kappa shape index (κ1) is 14.3. The van der Waals surface area contributed by atoms with Crippen molar-refractivity contribution in [3.05, 3.63) is 29.8 Å². The quantitative estimate of drug-likeness (QED) is 0.841. The number of carboxylic acids is 1. The fourth-order valence-electron chi connectivity index (χ4n) is 2.17. The van der Waals surface area contributed by atoms with Crippen molar-refractivity contribution in [1.29, 1.82) is 0 Å². The molecular formula is C14H17NO5. The van der Waals surface area contributed by atoms with Gasteiger partial charge in [-0.15, -0.1) is 0 Å². The van der Waals surface area contributed by atoms with Gasteiger partial charge in [0.1, 0.15) is 5.75 Å². The second kappa shape index (κ2) is 6.38. The van der Waals surface area contributed by atoms with Gasteiger partial charge < -0.3 is 19.9 Å². The Morgan fingerprint density at radius 3 is 2.80 bits per heavy atom. The van der Waals surface area contributed by atoms with Crippen molar-refractivity contribution >= 4 is 11.9 Å². The topological polar surface area (TPSA) is 84.9 Å². The number of ether oxygens (including phenoxy) is 2. The molecule has 1 heterocycles. The van der Waals surface area contributed by atoms with E-state index < -0.39 is 12.1 Å². The van der Waals surface area contributed by atoms with Gasteiger partial charge in [-0.1, -0.05) is 12.1 Å². The van der Waals surface area contributed by atoms with Crippen LogP contribution in [0.4, 0.5) is 0 Å². The van der Waals surface area contributed by atoms with Gasteiger partial charge in [-0.2, -0.15) is 0 Å². The number of rotatable bonds is 5. The lowest BCUT2D eigenvalue weighted by molar-refractivity contribution is -0.149. The third kappa shape index (κ3) is 3.27. The number of benzene rings is 1. The molecule has 1 aliphatic rings. The predicted molar refractivity (Wildman–Crippen MR) is 70.9 cm³/mol. The van der Waals surface area contributed by atoms with Crippen molar-refractivity contribution in [2.24, 2.45) is 0 Å². The molecule has 2 unspecified atom stereocenters. The van der Waals surface area contributed by atoms with Gasteiger partial charge in [0.2, 0.25) is 0 Å². The second-order valence-corrected chi connectivity index (χ2v) is 4.57. The largest absolute Gasteiger partial charge is 0.496 e. The number of methoxy groups -OCH3 is 1. The summed E-state index contributed by atoms with van der Waals surface area (Å²) in [6, 6.07) is 6.92. The van der Waals surface area contributed by atoms with Gasteiger partial charge in [0.15, 0.2) is 6.10 Å². The Morgan fingerprint density at radius 1 is 1.40 bits per heavy atom. The van der Waals surface area contributed by atoms with E-state index in [-0.39, 0.29) is 12.0 Å². The summed E-state index contributed by atoms with van der Waals surface area (Å²) in [5, 5.41) is 11.6. The van der Waals surface area contributed by atoms with Crippen LogP contribution in [0.3, 0.4) is 0 Å². The molecule has 2 N–H and O–H groups in total. The number of nitrogens with one attached hydrogen (secondary N) is 1. The van der Waals surface area contributed by atoms with Crippen molar-refractivity contribution in [3.63, 3.8) is 0 Å². The van der Waals surface area contributed by atoms with E-state index in [9.17, 15) is 9.59 Å². The van der Waals surface area contributed by atoms with Crippen LogP contribution >= 0.6 is 0 Å². The van der Waals surface area contributed by atoms with Crippen LogP contribution < -0.4 is 10.1 Å². The summed E-state index contributed by atoms with van der Waals surface area (Å²) >= 11 is 0. The Labute approximate surface area is 116 Å². The molecule has 0 spiro atoms. The highest BCUT2D eigenvalue weighted by Gasteiger charge is 2.30. The Bertz CT molecular complexity index is 502. The summed E-state index contributed by atoms with van der Waals surface area (Å²) < 4.78 is 10.4. The maximum Gasteiger partial charge on any atom is 0.332 e. The van der Waals surface area contributed by atoms with Crippen LogP contribution in [-0.4, -0.2) is 42.8 Å². The summed E-state index contributed by atoms with van der Waals surface area (Å²) in [5.74, 6) is -0.714. The SMILES string of the molecule is COc1ccccc1C(=O)NCC1CCC(C(=O)O)O1. The molecule has 0 aliphatic carbocycles. The van der Waals surface area contributed by atoms with Crippen molar-refractivity contribution in [3.8, 4) is 5.75 Å². The van der Waals surface area contributed by atoms with E-state index in [2.05, 4.69) is 5.32 Å². The molecule has 2 rings (SSSR count). The number of aliphatic carboxylic acids is 1. The van der Waals surface area contributed by atoms with Crippen LogP contribution in [0, 0.1) is 0 Å². The van der Waals surface area contributed by atoms with Crippen LogP contribution in [0.25, 0.3) is 0 Å². The lowest BCUT2D eigenvalue weighted by Gasteiger charge is -2.13. The van der Waals surface area contributed by atoms with Gasteiger partial charge in [0.25, 0.3) is 5.91 Å². The molecule has 6 heteroatoms. The Kier molecular flexibility index (Phi) is 4.57. The van der Waals surface area contributed by atoms with E-state index in [1.54, 1.807) is 24.3 Å². The van der Waals surface area contributed by atoms with Crippen molar-refractivity contribution in [2.45, 2.75) is 25.0 Å².